The van der Waals surface area contributed by atoms with E-state index in [0.717, 1.165) is 6.07 Å². The molecule has 128 valence electrons. The Bertz CT molecular complexity index is 1260. The number of aromatic nitrogens is 2. The lowest BCUT2D eigenvalue weighted by Crippen LogP contribution is -2.25. The van der Waals surface area contributed by atoms with Gasteiger partial charge in [-0.25, -0.2) is 5.10 Å². The van der Waals surface area contributed by atoms with Crippen molar-refractivity contribution in [1.82, 2.24) is 15.5 Å². The van der Waals surface area contributed by atoms with Gasteiger partial charge in [0, 0.05) is 11.5 Å². The van der Waals surface area contributed by atoms with E-state index in [1.54, 1.807) is 48.5 Å². The minimum atomic E-state index is -0.537. The molecule has 7 nitrogen and oxygen atoms in total. The van der Waals surface area contributed by atoms with E-state index in [0.29, 0.717) is 27.4 Å². The van der Waals surface area contributed by atoms with Crippen molar-refractivity contribution in [2.24, 2.45) is 0 Å². The number of fused-ring (bicyclic) bond motifs is 2. The van der Waals surface area contributed by atoms with E-state index in [1.807, 2.05) is 0 Å². The first-order valence-corrected chi connectivity index (χ1v) is 7.91. The third-order valence-corrected chi connectivity index (χ3v) is 4.05. The monoisotopic (exact) mass is 347 g/mol. The van der Waals surface area contributed by atoms with Gasteiger partial charge in [0.05, 0.1) is 23.0 Å². The van der Waals surface area contributed by atoms with Gasteiger partial charge in [0.25, 0.3) is 11.5 Å². The van der Waals surface area contributed by atoms with Crippen LogP contribution in [0.1, 0.15) is 16.2 Å². The summed E-state index contributed by atoms with van der Waals surface area (Å²) in [4.78, 5) is 36.3. The second kappa shape index (κ2) is 6.29. The highest BCUT2D eigenvalue weighted by atomic mass is 16.3. The van der Waals surface area contributed by atoms with E-state index in [-0.39, 0.29) is 23.3 Å². The summed E-state index contributed by atoms with van der Waals surface area (Å²) in [6.45, 7) is 0.0761. The SMILES string of the molecule is O=C(NCc1n[nH]c(=O)c2ccccc12)c1cc(=O)c2ccccc2o1. The molecule has 0 spiro atoms. The van der Waals surface area contributed by atoms with Gasteiger partial charge in [0.15, 0.2) is 11.2 Å². The number of carbonyl (C=O) groups is 1. The van der Waals surface area contributed by atoms with Gasteiger partial charge in [0.2, 0.25) is 0 Å². The number of benzene rings is 2. The predicted molar refractivity (Wildman–Crippen MR) is 96.0 cm³/mol. The Morgan fingerprint density at radius 2 is 1.69 bits per heavy atom. The van der Waals surface area contributed by atoms with Crippen molar-refractivity contribution in [3.05, 3.63) is 86.6 Å². The smallest absolute Gasteiger partial charge is 0.287 e. The summed E-state index contributed by atoms with van der Waals surface area (Å²) >= 11 is 0. The molecule has 4 aromatic rings. The average Bonchev–Trinajstić information content (AvgIpc) is 2.67. The van der Waals surface area contributed by atoms with Crippen LogP contribution in [-0.2, 0) is 6.54 Å². The zero-order valence-electron chi connectivity index (χ0n) is 13.5. The quantitative estimate of drug-likeness (QED) is 0.589. The molecule has 2 N–H and O–H groups in total. The highest BCUT2D eigenvalue weighted by molar-refractivity contribution is 5.93. The number of hydrogen-bond acceptors (Lipinski definition) is 5. The Hall–Kier alpha value is -3.74. The van der Waals surface area contributed by atoms with Crippen molar-refractivity contribution >= 4 is 27.6 Å². The Kier molecular flexibility index (Phi) is 3.81. The van der Waals surface area contributed by atoms with Gasteiger partial charge in [-0.15, -0.1) is 0 Å². The van der Waals surface area contributed by atoms with E-state index in [4.69, 9.17) is 4.42 Å². The number of H-pyrrole nitrogens is 1. The molecule has 1 amide bonds. The third-order valence-electron chi connectivity index (χ3n) is 4.05. The molecule has 26 heavy (non-hydrogen) atoms. The molecule has 0 bridgehead atoms. The summed E-state index contributed by atoms with van der Waals surface area (Å²) in [5, 5.41) is 10.6. The number of aromatic amines is 1. The van der Waals surface area contributed by atoms with E-state index < -0.39 is 5.91 Å². The van der Waals surface area contributed by atoms with E-state index in [2.05, 4.69) is 15.5 Å². The van der Waals surface area contributed by atoms with Crippen LogP contribution in [0, 0.1) is 0 Å². The van der Waals surface area contributed by atoms with Gasteiger partial charge in [0.1, 0.15) is 5.58 Å². The van der Waals surface area contributed by atoms with Gasteiger partial charge < -0.3 is 9.73 Å². The van der Waals surface area contributed by atoms with Crippen LogP contribution < -0.4 is 16.3 Å². The second-order valence-electron chi connectivity index (χ2n) is 5.70. The molecule has 0 radical (unpaired) electrons. The summed E-state index contributed by atoms with van der Waals surface area (Å²) in [6.07, 6.45) is 0. The lowest BCUT2D eigenvalue weighted by molar-refractivity contribution is 0.0923. The topological polar surface area (TPSA) is 105 Å². The first-order chi connectivity index (χ1) is 12.6. The summed E-state index contributed by atoms with van der Waals surface area (Å²) in [5.41, 5.74) is 0.273. The third kappa shape index (κ3) is 2.75. The van der Waals surface area contributed by atoms with E-state index in [1.165, 1.54) is 0 Å². The van der Waals surface area contributed by atoms with Crippen molar-refractivity contribution in [2.45, 2.75) is 6.54 Å². The van der Waals surface area contributed by atoms with Gasteiger partial charge in [-0.3, -0.25) is 14.4 Å². The molecule has 0 aliphatic carbocycles. The van der Waals surface area contributed by atoms with Crippen LogP contribution in [0.3, 0.4) is 0 Å². The molecule has 0 atom stereocenters. The maximum absolute atomic E-state index is 12.4. The molecule has 0 unspecified atom stereocenters. The van der Waals surface area contributed by atoms with Gasteiger partial charge in [-0.1, -0.05) is 30.3 Å². The average molecular weight is 347 g/mol. The summed E-state index contributed by atoms with van der Waals surface area (Å²) in [6, 6.07) is 14.9. The summed E-state index contributed by atoms with van der Waals surface area (Å²) in [5.74, 6) is -0.618. The van der Waals surface area contributed by atoms with Crippen molar-refractivity contribution in [2.75, 3.05) is 0 Å². The zero-order chi connectivity index (χ0) is 18.1. The number of amides is 1. The van der Waals surface area contributed by atoms with E-state index >= 15 is 0 Å². The predicted octanol–water partition coefficient (Wildman–Crippen LogP) is 1.96. The highest BCUT2D eigenvalue weighted by Gasteiger charge is 2.13. The number of hydrogen-bond donors (Lipinski definition) is 2. The minimum Gasteiger partial charge on any atom is -0.451 e. The van der Waals surface area contributed by atoms with Crippen LogP contribution in [-0.4, -0.2) is 16.1 Å². The number of nitrogens with one attached hydrogen (secondary N) is 2. The van der Waals surface area contributed by atoms with Crippen molar-refractivity contribution in [3.8, 4) is 0 Å². The van der Waals surface area contributed by atoms with E-state index in [9.17, 15) is 14.4 Å². The fourth-order valence-corrected chi connectivity index (χ4v) is 2.77. The Morgan fingerprint density at radius 1 is 1.00 bits per heavy atom. The van der Waals surface area contributed by atoms with Crippen molar-refractivity contribution in [3.63, 3.8) is 0 Å². The van der Waals surface area contributed by atoms with Crippen LogP contribution >= 0.6 is 0 Å². The Balaban J connectivity index is 1.63. The van der Waals surface area contributed by atoms with Gasteiger partial charge in [-0.2, -0.15) is 5.10 Å². The van der Waals surface area contributed by atoms with Crippen LogP contribution in [0.25, 0.3) is 21.7 Å². The number of nitrogens with zero attached hydrogens (tertiary/aromatic N) is 1. The minimum absolute atomic E-state index is 0.0761. The molecule has 2 heterocycles. The maximum atomic E-state index is 12.4. The summed E-state index contributed by atoms with van der Waals surface area (Å²) in [7, 11) is 0. The second-order valence-corrected chi connectivity index (χ2v) is 5.70. The molecular weight excluding hydrogens is 334 g/mol. The van der Waals surface area contributed by atoms with Gasteiger partial charge >= 0.3 is 0 Å². The summed E-state index contributed by atoms with van der Waals surface area (Å²) < 4.78 is 5.51. The first kappa shape index (κ1) is 15.8. The lowest BCUT2D eigenvalue weighted by atomic mass is 10.1. The molecule has 4 rings (SSSR count). The molecule has 0 aliphatic heterocycles. The van der Waals surface area contributed by atoms with Crippen LogP contribution in [0.2, 0.25) is 0 Å². The normalized spacial score (nSPS) is 10.9. The fraction of sp³-hybridized carbons (Fsp3) is 0.0526. The maximum Gasteiger partial charge on any atom is 0.287 e. The number of para-hydroxylation sites is 1. The molecule has 0 saturated heterocycles. The molecule has 0 aliphatic rings. The number of rotatable bonds is 3. The van der Waals surface area contributed by atoms with Crippen LogP contribution in [0.15, 0.2) is 68.6 Å². The molecule has 0 fully saturated rings. The lowest BCUT2D eigenvalue weighted by Gasteiger charge is -2.07. The molecule has 2 aromatic carbocycles. The van der Waals surface area contributed by atoms with Gasteiger partial charge in [-0.05, 0) is 18.2 Å². The molecule has 2 aromatic heterocycles. The Labute approximate surface area is 146 Å². The van der Waals surface area contributed by atoms with Crippen LogP contribution in [0.4, 0.5) is 0 Å². The molecular formula is C19H13N3O4. The highest BCUT2D eigenvalue weighted by Crippen LogP contribution is 2.14. The number of carbonyl (C=O) groups excluding carboxylic acids is 1. The standard InChI is InChI=1S/C19H13N3O4/c23-15-9-17(26-16-8-4-3-7-13(15)16)19(25)20-10-14-11-5-1-2-6-12(11)18(24)22-21-14/h1-9H,10H2,(H,20,25)(H,22,24). The Morgan fingerprint density at radius 3 is 2.50 bits per heavy atom. The van der Waals surface area contributed by atoms with Crippen molar-refractivity contribution < 1.29 is 9.21 Å². The van der Waals surface area contributed by atoms with Crippen molar-refractivity contribution in [1.29, 1.82) is 0 Å². The van der Waals surface area contributed by atoms with Crippen LogP contribution in [0.5, 0.6) is 0 Å². The first-order valence-electron chi connectivity index (χ1n) is 7.91. The molecule has 0 saturated carbocycles. The largest absolute Gasteiger partial charge is 0.451 e. The zero-order valence-corrected chi connectivity index (χ0v) is 13.5. The fourth-order valence-electron chi connectivity index (χ4n) is 2.77. The molecule has 7 heteroatoms.